The molecular weight excluding hydrogens is 366 g/mol. The first-order valence-corrected chi connectivity index (χ1v) is 6.00. The van der Waals surface area contributed by atoms with Gasteiger partial charge in [0.15, 0.2) is 0 Å². The van der Waals surface area contributed by atoms with Crippen LogP contribution in [-0.4, -0.2) is 110 Å². The molecule has 0 amide bonds. The van der Waals surface area contributed by atoms with E-state index in [1.807, 2.05) is 0 Å². The molecule has 18 heavy (non-hydrogen) atoms. The summed E-state index contributed by atoms with van der Waals surface area (Å²) in [4.78, 5) is 0. The van der Waals surface area contributed by atoms with Crippen molar-refractivity contribution in [2.45, 2.75) is 0 Å². The van der Waals surface area contributed by atoms with E-state index < -0.39 is 31.2 Å². The summed E-state index contributed by atoms with van der Waals surface area (Å²) in [7, 11) is -15.5. The van der Waals surface area contributed by atoms with E-state index in [1.165, 1.54) is 0 Å². The molecule has 100 valence electrons. The Kier molecular flexibility index (Phi) is 30.2. The van der Waals surface area contributed by atoms with Crippen molar-refractivity contribution in [1.82, 2.24) is 0 Å². The third kappa shape index (κ3) is 2270. The molecule has 0 atom stereocenters. The van der Waals surface area contributed by atoms with Gasteiger partial charge in [0.2, 0.25) is 0 Å². The second kappa shape index (κ2) is 14.8. The van der Waals surface area contributed by atoms with E-state index in [9.17, 15) is 0 Å². The predicted octanol–water partition coefficient (Wildman–Crippen LogP) is -5.69. The van der Waals surface area contributed by atoms with Crippen LogP contribution >= 0.6 is 0 Å². The summed E-state index contributed by atoms with van der Waals surface area (Å²) in [6, 6.07) is 0. The van der Waals surface area contributed by atoms with Crippen LogP contribution in [0.15, 0.2) is 0 Å². The van der Waals surface area contributed by atoms with Crippen LogP contribution in [-0.2, 0) is 31.2 Å². The molecule has 0 unspecified atom stereocenters. The zero-order valence-corrected chi connectivity index (χ0v) is 12.0. The van der Waals surface area contributed by atoms with E-state index >= 15 is 0 Å². The molecule has 0 radical (unpaired) electrons. The fourth-order valence-electron chi connectivity index (χ4n) is 0. The third-order valence-electron chi connectivity index (χ3n) is 0. The molecule has 18 heteroatoms. The summed E-state index contributed by atoms with van der Waals surface area (Å²) >= 11 is 0. The van der Waals surface area contributed by atoms with E-state index in [0.717, 1.165) is 0 Å². The fourth-order valence-corrected chi connectivity index (χ4v) is 0. The van der Waals surface area contributed by atoms with Crippen molar-refractivity contribution in [1.29, 1.82) is 0 Å². The van der Waals surface area contributed by atoms with Crippen LogP contribution in [0, 0.1) is 0 Å². The minimum Gasteiger partial charge on any atom is -0.759 e. The van der Waals surface area contributed by atoms with Crippen molar-refractivity contribution < 1.29 is 52.6 Å². The number of hydrogen-bond acceptors (Lipinski definition) is 12. The minimum atomic E-state index is -5.17. The van der Waals surface area contributed by atoms with Gasteiger partial charge in [-0.25, -0.2) is 0 Å². The molecule has 0 saturated carbocycles. The zero-order chi connectivity index (χ0) is 13.5. The number of rotatable bonds is 0. The predicted molar refractivity (Wildman–Crippen MR) is 51.5 cm³/mol. The maximum absolute atomic E-state index is 8.52. The van der Waals surface area contributed by atoms with Gasteiger partial charge in [0.1, 0.15) is 0 Å². The van der Waals surface area contributed by atoms with Crippen LogP contribution in [0.1, 0.15) is 0 Å². The Balaban J connectivity index is -0.0000000277. The van der Waals surface area contributed by atoms with Gasteiger partial charge in [0, 0.05) is 31.2 Å². The average molecular weight is 368 g/mol. The molecule has 12 nitrogen and oxygen atoms in total. The molecule has 0 fully saturated rings. The van der Waals surface area contributed by atoms with E-state index in [2.05, 4.69) is 0 Å². The van der Waals surface area contributed by atoms with E-state index in [-0.39, 0.29) is 57.8 Å². The van der Waals surface area contributed by atoms with Crippen molar-refractivity contribution in [2.24, 2.45) is 0 Å². The Morgan fingerprint density at radius 2 is 0.444 bits per heavy atom. The van der Waals surface area contributed by atoms with Crippen molar-refractivity contribution in [3.05, 3.63) is 0 Å². The van der Waals surface area contributed by atoms with Crippen molar-refractivity contribution >= 4 is 89.0 Å². The van der Waals surface area contributed by atoms with Crippen LogP contribution in [0.25, 0.3) is 0 Å². The second-order valence-electron chi connectivity index (χ2n) is 1.22. The first kappa shape index (κ1) is 36.6. The van der Waals surface area contributed by atoms with Crippen LogP contribution < -0.4 is 0 Å². The zero-order valence-electron chi connectivity index (χ0n) is 7.28. The molecule has 0 spiro atoms. The van der Waals surface area contributed by atoms with E-state index in [4.69, 9.17) is 52.6 Å². The van der Waals surface area contributed by atoms with Gasteiger partial charge in [-0.2, -0.15) is 0 Å². The standard InChI is InChI=1S/2Al.Mg.3H2O4S.2H/c;;;3*1-5(2,3)4;;/h;;;3*(H2,1,2,3,4);;/q2*+3;;;;;;/p-6. The molecular formula is H2Al2MgO12S3. The van der Waals surface area contributed by atoms with Gasteiger partial charge in [-0.3, -0.25) is 25.3 Å². The number of hydrogen-bond donors (Lipinski definition) is 0. The van der Waals surface area contributed by atoms with E-state index in [0.29, 0.717) is 0 Å². The first-order valence-electron chi connectivity index (χ1n) is 2.00. The summed E-state index contributed by atoms with van der Waals surface area (Å²) in [6.07, 6.45) is 0. The topological polar surface area (TPSA) is 241 Å². The largest absolute Gasteiger partial charge is 3.00 e. The second-order valence-corrected chi connectivity index (χ2v) is 3.67. The smallest absolute Gasteiger partial charge is 0.759 e. The Hall–Kier alpha value is 1.44. The quantitative estimate of drug-likeness (QED) is 0.220. The van der Waals surface area contributed by atoms with Gasteiger partial charge < -0.3 is 27.3 Å². The fraction of sp³-hybridized carbons (Fsp3) is 0. The molecule has 0 aromatic heterocycles. The van der Waals surface area contributed by atoms with Gasteiger partial charge in [-0.1, -0.05) is 0 Å². The molecule has 0 aliphatic rings. The van der Waals surface area contributed by atoms with Gasteiger partial charge in [0.25, 0.3) is 0 Å². The van der Waals surface area contributed by atoms with Crippen LogP contribution in [0.2, 0.25) is 0 Å². The molecule has 0 N–H and O–H groups in total. The summed E-state index contributed by atoms with van der Waals surface area (Å²) in [5.41, 5.74) is 0. The third-order valence-corrected chi connectivity index (χ3v) is 0. The van der Waals surface area contributed by atoms with E-state index in [1.54, 1.807) is 0 Å². The molecule has 0 bridgehead atoms. The Labute approximate surface area is 140 Å². The van der Waals surface area contributed by atoms with Crippen molar-refractivity contribution in [3.63, 3.8) is 0 Å². The molecule has 0 aliphatic heterocycles. The van der Waals surface area contributed by atoms with Gasteiger partial charge in [-0.05, 0) is 0 Å². The Bertz CT molecular complexity index is 346. The van der Waals surface area contributed by atoms with Crippen LogP contribution in [0.5, 0.6) is 0 Å². The van der Waals surface area contributed by atoms with Gasteiger partial charge in [-0.15, -0.1) is 0 Å². The summed E-state index contributed by atoms with van der Waals surface area (Å²) in [5.74, 6) is 0. The van der Waals surface area contributed by atoms with Crippen LogP contribution in [0.3, 0.4) is 0 Å². The SMILES string of the molecule is O=S(=O)([O-])[O-].O=S(=O)([O-])[O-].O=S(=O)([O-])[O-].[Al+3].[Al+3].[MgH2]. The Morgan fingerprint density at radius 1 is 0.444 bits per heavy atom. The monoisotopic (exact) mass is 368 g/mol. The average Bonchev–Trinajstić information content (AvgIpc) is 1.41. The van der Waals surface area contributed by atoms with Crippen LogP contribution in [0.4, 0.5) is 0 Å². The maximum Gasteiger partial charge on any atom is 3.00 e. The molecule has 0 rings (SSSR count). The molecule has 0 aromatic rings. The van der Waals surface area contributed by atoms with Crippen molar-refractivity contribution in [3.8, 4) is 0 Å². The normalized spacial score (nSPS) is 9.67. The summed E-state index contributed by atoms with van der Waals surface area (Å²) < 4.78 is 102. The first-order chi connectivity index (χ1) is 6.00. The molecule has 0 aromatic carbocycles. The summed E-state index contributed by atoms with van der Waals surface area (Å²) in [6.45, 7) is 0. The van der Waals surface area contributed by atoms with Crippen molar-refractivity contribution in [2.75, 3.05) is 0 Å². The summed E-state index contributed by atoms with van der Waals surface area (Å²) in [5, 5.41) is 0. The molecule has 0 heterocycles. The molecule has 0 aliphatic carbocycles. The maximum atomic E-state index is 8.52. The minimum absolute atomic E-state index is 0. The van der Waals surface area contributed by atoms with Gasteiger partial charge in [0.05, 0.1) is 0 Å². The molecule has 0 saturated heterocycles. The Morgan fingerprint density at radius 3 is 0.444 bits per heavy atom. The van der Waals surface area contributed by atoms with Gasteiger partial charge >= 0.3 is 57.8 Å².